The highest BCUT2D eigenvalue weighted by Crippen LogP contribution is 2.37. The molecule has 38 heavy (non-hydrogen) atoms. The van der Waals surface area contributed by atoms with Gasteiger partial charge >= 0.3 is 6.18 Å². The fourth-order valence-corrected chi connectivity index (χ4v) is 3.92. The van der Waals surface area contributed by atoms with E-state index in [2.05, 4.69) is 25.7 Å². The van der Waals surface area contributed by atoms with Crippen LogP contribution in [-0.2, 0) is 17.5 Å². The van der Waals surface area contributed by atoms with Crippen molar-refractivity contribution >= 4 is 34.7 Å². The molecule has 0 aliphatic rings. The van der Waals surface area contributed by atoms with Crippen molar-refractivity contribution in [1.82, 2.24) is 29.5 Å². The summed E-state index contributed by atoms with van der Waals surface area (Å²) in [6.07, 6.45) is 0.472. The molecule has 15 heteroatoms. The first-order chi connectivity index (χ1) is 18.2. The zero-order valence-corrected chi connectivity index (χ0v) is 20.6. The van der Waals surface area contributed by atoms with Gasteiger partial charge in [0.2, 0.25) is 0 Å². The predicted molar refractivity (Wildman–Crippen MR) is 132 cm³/mol. The van der Waals surface area contributed by atoms with Crippen molar-refractivity contribution in [3.8, 4) is 11.3 Å². The summed E-state index contributed by atoms with van der Waals surface area (Å²) in [7, 11) is 0. The monoisotopic (exact) mass is 554 g/mol. The maximum Gasteiger partial charge on any atom is 0.435 e. The Labute approximate surface area is 218 Å². The number of amides is 1. The zero-order chi connectivity index (χ0) is 27.3. The number of benzene rings is 1. The Bertz CT molecular complexity index is 1420. The summed E-state index contributed by atoms with van der Waals surface area (Å²) in [6.45, 7) is 0.189. The number of ether oxygens (including phenoxy) is 1. The molecule has 0 saturated heterocycles. The summed E-state index contributed by atoms with van der Waals surface area (Å²) >= 11 is 6.31. The molecule has 0 radical (unpaired) electrons. The fraction of sp³-hybridized carbons (Fsp3) is 0.304. The highest BCUT2D eigenvalue weighted by atomic mass is 35.5. The van der Waals surface area contributed by atoms with Gasteiger partial charge in [0.15, 0.2) is 17.2 Å². The second-order valence-corrected chi connectivity index (χ2v) is 8.34. The van der Waals surface area contributed by atoms with Crippen LogP contribution in [0, 0.1) is 0 Å². The van der Waals surface area contributed by atoms with Crippen molar-refractivity contribution in [2.45, 2.75) is 12.7 Å². The molecule has 0 spiro atoms. The van der Waals surface area contributed by atoms with Gasteiger partial charge in [0.1, 0.15) is 6.67 Å². The highest BCUT2D eigenvalue weighted by molar-refractivity contribution is 6.34. The van der Waals surface area contributed by atoms with Gasteiger partial charge < -0.3 is 21.1 Å². The Morgan fingerprint density at radius 1 is 1.21 bits per heavy atom. The highest BCUT2D eigenvalue weighted by Gasteiger charge is 2.38. The topological polar surface area (TPSA) is 124 Å². The smallest absolute Gasteiger partial charge is 0.378 e. The van der Waals surface area contributed by atoms with Crippen molar-refractivity contribution in [3.05, 3.63) is 59.3 Å². The Morgan fingerprint density at radius 2 is 2.03 bits per heavy atom. The van der Waals surface area contributed by atoms with Crippen LogP contribution in [0.15, 0.2) is 43.0 Å². The summed E-state index contributed by atoms with van der Waals surface area (Å²) in [5.41, 5.74) is 4.98. The molecule has 0 unspecified atom stereocenters. The normalized spacial score (nSPS) is 11.7. The number of fused-ring (bicyclic) bond motifs is 1. The summed E-state index contributed by atoms with van der Waals surface area (Å²) in [6, 6.07) is 4.63. The van der Waals surface area contributed by atoms with E-state index < -0.39 is 18.5 Å². The third kappa shape index (κ3) is 6.03. The second-order valence-electron chi connectivity index (χ2n) is 7.93. The summed E-state index contributed by atoms with van der Waals surface area (Å²) in [5.74, 6) is -0.154. The van der Waals surface area contributed by atoms with Gasteiger partial charge in [0, 0.05) is 37.4 Å². The number of hydrogen-bond acceptors (Lipinski definition) is 7. The minimum atomic E-state index is -4.75. The van der Waals surface area contributed by atoms with Crippen LogP contribution in [0.1, 0.15) is 16.1 Å². The van der Waals surface area contributed by atoms with Crippen molar-refractivity contribution in [2.24, 2.45) is 5.73 Å². The van der Waals surface area contributed by atoms with Gasteiger partial charge in [0.25, 0.3) is 5.91 Å². The van der Waals surface area contributed by atoms with Crippen LogP contribution in [0.4, 0.5) is 29.1 Å². The minimum Gasteiger partial charge on any atom is -0.378 e. The molecule has 202 valence electrons. The molecule has 0 aliphatic heterocycles. The zero-order valence-electron chi connectivity index (χ0n) is 19.8. The third-order valence-electron chi connectivity index (χ3n) is 5.32. The Morgan fingerprint density at radius 3 is 2.74 bits per heavy atom. The number of aromatic nitrogens is 5. The Kier molecular flexibility index (Phi) is 8.44. The van der Waals surface area contributed by atoms with Crippen LogP contribution in [0.5, 0.6) is 0 Å². The maximum absolute atomic E-state index is 13.6. The summed E-state index contributed by atoms with van der Waals surface area (Å²) < 4.78 is 61.2. The molecule has 4 aromatic rings. The van der Waals surface area contributed by atoms with E-state index in [0.717, 1.165) is 10.9 Å². The molecule has 0 saturated carbocycles. The number of nitrogens with two attached hydrogens (primary N) is 1. The van der Waals surface area contributed by atoms with E-state index >= 15 is 0 Å². The Hall–Kier alpha value is -3.75. The number of anilines is 2. The van der Waals surface area contributed by atoms with Crippen LogP contribution >= 0.6 is 11.6 Å². The number of hydrogen-bond donors (Lipinski definition) is 3. The average Bonchev–Trinajstić information content (AvgIpc) is 3.49. The number of carbonyl (C=O) groups is 1. The van der Waals surface area contributed by atoms with Gasteiger partial charge in [-0.1, -0.05) is 11.6 Å². The quantitative estimate of drug-likeness (QED) is 0.191. The lowest BCUT2D eigenvalue weighted by molar-refractivity contribution is -0.141. The van der Waals surface area contributed by atoms with Gasteiger partial charge in [-0.25, -0.2) is 14.4 Å². The van der Waals surface area contributed by atoms with Crippen molar-refractivity contribution in [3.63, 3.8) is 0 Å². The minimum absolute atomic E-state index is 0.100. The van der Waals surface area contributed by atoms with Crippen molar-refractivity contribution in [2.75, 3.05) is 38.3 Å². The molecule has 1 amide bonds. The molecular weight excluding hydrogens is 532 g/mol. The summed E-state index contributed by atoms with van der Waals surface area (Å²) in [5, 5.41) is 9.39. The second kappa shape index (κ2) is 11.8. The number of nitrogens with one attached hydrogen (secondary N) is 2. The average molecular weight is 555 g/mol. The number of aryl methyl sites for hydroxylation is 1. The third-order valence-corrected chi connectivity index (χ3v) is 5.63. The first-order valence-electron chi connectivity index (χ1n) is 11.4. The van der Waals surface area contributed by atoms with Crippen LogP contribution in [0.25, 0.3) is 16.9 Å². The lowest BCUT2D eigenvalue weighted by atomic mass is 10.2. The SMILES string of the molecule is NCCOCCNC(=O)c1ccc(Nc2nccn3c(-c4cn(CCF)nc4C(F)(F)F)cnc23)cc1Cl. The van der Waals surface area contributed by atoms with E-state index in [-0.39, 0.29) is 52.3 Å². The standard InChI is InChI=1S/C23H23ClF4N8O2/c24-17-11-14(1-2-15(17)22(37)31-6-10-38-9-4-29)33-20-21-32-12-18(36(21)8-5-30-20)16-13-35(7-3-25)34-19(16)23(26,27)28/h1-2,5,8,11-13H,3-4,6-7,9-10,29H2,(H,30,33)(H,31,37). The lowest BCUT2D eigenvalue weighted by Crippen LogP contribution is -2.28. The van der Waals surface area contributed by atoms with E-state index in [4.69, 9.17) is 22.1 Å². The van der Waals surface area contributed by atoms with E-state index in [0.29, 0.717) is 25.4 Å². The van der Waals surface area contributed by atoms with Gasteiger partial charge in [-0.05, 0) is 18.2 Å². The maximum atomic E-state index is 13.6. The molecule has 3 aromatic heterocycles. The molecule has 4 rings (SSSR count). The Balaban J connectivity index is 1.57. The molecule has 0 aliphatic carbocycles. The van der Waals surface area contributed by atoms with E-state index in [9.17, 15) is 22.4 Å². The van der Waals surface area contributed by atoms with Crippen molar-refractivity contribution in [1.29, 1.82) is 0 Å². The number of carbonyl (C=O) groups excluding carboxylic acids is 1. The molecule has 10 nitrogen and oxygen atoms in total. The molecular formula is C23H23ClF4N8O2. The first-order valence-corrected chi connectivity index (χ1v) is 11.8. The number of imidazole rings is 1. The number of alkyl halides is 4. The fourth-order valence-electron chi connectivity index (χ4n) is 3.66. The van der Waals surface area contributed by atoms with Crippen LogP contribution in [0.2, 0.25) is 5.02 Å². The van der Waals surface area contributed by atoms with E-state index in [1.807, 2.05) is 0 Å². The van der Waals surface area contributed by atoms with Crippen LogP contribution in [0.3, 0.4) is 0 Å². The predicted octanol–water partition coefficient (Wildman–Crippen LogP) is 3.68. The van der Waals surface area contributed by atoms with E-state index in [1.54, 1.807) is 6.07 Å². The number of halogens is 5. The van der Waals surface area contributed by atoms with E-state index in [1.165, 1.54) is 35.1 Å². The summed E-state index contributed by atoms with van der Waals surface area (Å²) in [4.78, 5) is 20.9. The largest absolute Gasteiger partial charge is 0.435 e. The van der Waals surface area contributed by atoms with Gasteiger partial charge in [-0.15, -0.1) is 0 Å². The molecule has 0 bridgehead atoms. The van der Waals surface area contributed by atoms with Gasteiger partial charge in [0.05, 0.1) is 47.8 Å². The lowest BCUT2D eigenvalue weighted by Gasteiger charge is -2.11. The molecule has 4 N–H and O–H groups in total. The van der Waals surface area contributed by atoms with Crippen molar-refractivity contribution < 1.29 is 27.1 Å². The van der Waals surface area contributed by atoms with Gasteiger partial charge in [-0.2, -0.15) is 18.3 Å². The number of rotatable bonds is 11. The number of nitrogens with zero attached hydrogens (tertiary/aromatic N) is 5. The van der Waals surface area contributed by atoms with Crippen LogP contribution < -0.4 is 16.4 Å². The molecule has 1 aromatic carbocycles. The van der Waals surface area contributed by atoms with Crippen LogP contribution in [-0.4, -0.2) is 63.0 Å². The van der Waals surface area contributed by atoms with Gasteiger partial charge in [-0.3, -0.25) is 13.9 Å². The molecule has 0 atom stereocenters. The molecule has 0 fully saturated rings. The first kappa shape index (κ1) is 27.3. The molecule has 3 heterocycles.